The molecule has 0 N–H and O–H groups in total. The van der Waals surface area contributed by atoms with E-state index in [9.17, 15) is 0 Å². The van der Waals surface area contributed by atoms with Crippen molar-refractivity contribution >= 4 is 0 Å². The third-order valence-electron chi connectivity index (χ3n) is 7.06. The van der Waals surface area contributed by atoms with Gasteiger partial charge in [-0.05, 0) is 38.8 Å². The molecule has 6 aromatic rings. The van der Waals surface area contributed by atoms with Gasteiger partial charge in [-0.3, -0.25) is 0 Å². The second-order valence-electron chi connectivity index (χ2n) is 9.75. The van der Waals surface area contributed by atoms with Gasteiger partial charge in [-0.25, -0.2) is 19.9 Å². The molecule has 5 heteroatoms. The number of aromatic nitrogens is 4. The van der Waals surface area contributed by atoms with Gasteiger partial charge in [-0.2, -0.15) is 0 Å². The number of benzene rings is 4. The van der Waals surface area contributed by atoms with Crippen molar-refractivity contribution in [1.29, 1.82) is 0 Å². The molecule has 0 atom stereocenters. The van der Waals surface area contributed by atoms with Crippen LogP contribution in [-0.4, -0.2) is 19.9 Å². The minimum Gasteiger partial charge on any atom is -0.236 e. The maximum atomic E-state index is 4.48. The zero-order chi connectivity index (χ0) is 27.9. The molecule has 0 aliphatic carbocycles. The van der Waals surface area contributed by atoms with Crippen LogP contribution >= 0.6 is 0 Å². The second-order valence-corrected chi connectivity index (χ2v) is 9.75. The van der Waals surface area contributed by atoms with Gasteiger partial charge in [0.2, 0.25) is 0 Å². The van der Waals surface area contributed by atoms with Crippen LogP contribution in [0.15, 0.2) is 122 Å². The van der Waals surface area contributed by atoms with Gasteiger partial charge >= 0.3 is 19.5 Å². The molecule has 4 nitrogen and oxygen atoms in total. The van der Waals surface area contributed by atoms with Crippen molar-refractivity contribution in [3.8, 4) is 45.0 Å². The van der Waals surface area contributed by atoms with E-state index in [2.05, 4.69) is 96.2 Å². The smallest absolute Gasteiger partial charge is 0.236 e. The van der Waals surface area contributed by atoms with Gasteiger partial charge in [0.25, 0.3) is 0 Å². The molecule has 41 heavy (non-hydrogen) atoms. The minimum absolute atomic E-state index is 0. The van der Waals surface area contributed by atoms with Crippen LogP contribution in [0.4, 0.5) is 0 Å². The standard InChI is InChI=1S/2C18H16N2.Ru/c2*1-13-8-6-7-11-16(13)18-14(2)17(19-12-20-18)15-9-4-3-5-10-15;/h2*3-12H,1-2H3;/q;;+3. The van der Waals surface area contributed by atoms with Crippen molar-refractivity contribution in [2.24, 2.45) is 0 Å². The van der Waals surface area contributed by atoms with E-state index in [4.69, 9.17) is 0 Å². The number of hydrogen-bond donors (Lipinski definition) is 0. The van der Waals surface area contributed by atoms with Crippen molar-refractivity contribution in [1.82, 2.24) is 19.9 Å². The number of hydrogen-bond acceptors (Lipinski definition) is 4. The molecule has 2 aromatic heterocycles. The first-order valence-electron chi connectivity index (χ1n) is 13.4. The average molecular weight is 622 g/mol. The van der Waals surface area contributed by atoms with E-state index >= 15 is 0 Å². The Kier molecular flexibility index (Phi) is 10.00. The summed E-state index contributed by atoms with van der Waals surface area (Å²) in [6.45, 7) is 8.40. The normalized spacial score (nSPS) is 10.2. The van der Waals surface area contributed by atoms with Crippen LogP contribution in [0.3, 0.4) is 0 Å². The van der Waals surface area contributed by atoms with Crippen LogP contribution in [0.5, 0.6) is 0 Å². The number of aryl methyl sites for hydroxylation is 2. The van der Waals surface area contributed by atoms with E-state index in [0.717, 1.165) is 45.0 Å². The topological polar surface area (TPSA) is 51.6 Å². The molecule has 1 radical (unpaired) electrons. The predicted octanol–water partition coefficient (Wildman–Crippen LogP) is 8.85. The van der Waals surface area contributed by atoms with E-state index in [1.165, 1.54) is 22.3 Å². The molecule has 2 heterocycles. The Morgan fingerprint density at radius 1 is 0.366 bits per heavy atom. The maximum Gasteiger partial charge on any atom is 3.00 e. The van der Waals surface area contributed by atoms with Crippen LogP contribution in [0.2, 0.25) is 0 Å². The Labute approximate surface area is 255 Å². The van der Waals surface area contributed by atoms with Crippen LogP contribution in [0.25, 0.3) is 45.0 Å². The van der Waals surface area contributed by atoms with Crippen LogP contribution in [0.1, 0.15) is 22.3 Å². The van der Waals surface area contributed by atoms with Crippen LogP contribution < -0.4 is 0 Å². The molecule has 0 saturated heterocycles. The van der Waals surface area contributed by atoms with Gasteiger partial charge in [-0.1, -0.05) is 109 Å². The summed E-state index contributed by atoms with van der Waals surface area (Å²) in [6.07, 6.45) is 3.30. The maximum absolute atomic E-state index is 4.48. The van der Waals surface area contributed by atoms with Crippen LogP contribution in [-0.2, 0) is 19.5 Å². The third kappa shape index (κ3) is 6.70. The van der Waals surface area contributed by atoms with Gasteiger partial charge in [0, 0.05) is 33.4 Å². The molecular formula is C36H32N4Ru+3. The predicted molar refractivity (Wildman–Crippen MR) is 165 cm³/mol. The Hall–Kier alpha value is -4.34. The van der Waals surface area contributed by atoms with Crippen molar-refractivity contribution in [3.05, 3.63) is 144 Å². The fraction of sp³-hybridized carbons (Fsp3) is 0.111. The molecule has 0 unspecified atom stereocenters. The second kappa shape index (κ2) is 13.8. The quantitative estimate of drug-likeness (QED) is 0.185. The summed E-state index contributed by atoms with van der Waals surface area (Å²) in [6, 6.07) is 37.1. The van der Waals surface area contributed by atoms with Gasteiger partial charge < -0.3 is 0 Å². The molecule has 6 rings (SSSR count). The molecular weight excluding hydrogens is 589 g/mol. The Morgan fingerprint density at radius 3 is 1.05 bits per heavy atom. The number of nitrogens with zero attached hydrogens (tertiary/aromatic N) is 4. The van der Waals surface area contributed by atoms with Gasteiger partial charge in [0.15, 0.2) is 0 Å². The fourth-order valence-corrected chi connectivity index (χ4v) is 4.89. The Bertz CT molecular complexity index is 1600. The summed E-state index contributed by atoms with van der Waals surface area (Å²) in [5, 5.41) is 0. The molecule has 0 saturated carbocycles. The summed E-state index contributed by atoms with van der Waals surface area (Å²) in [5.74, 6) is 0. The van der Waals surface area contributed by atoms with Gasteiger partial charge in [-0.15, -0.1) is 0 Å². The average Bonchev–Trinajstić information content (AvgIpc) is 3.00. The van der Waals surface area contributed by atoms with Gasteiger partial charge in [0.05, 0.1) is 22.8 Å². The largest absolute Gasteiger partial charge is 3.00 e. The van der Waals surface area contributed by atoms with E-state index < -0.39 is 0 Å². The van der Waals surface area contributed by atoms with E-state index in [0.29, 0.717) is 0 Å². The van der Waals surface area contributed by atoms with Crippen molar-refractivity contribution in [3.63, 3.8) is 0 Å². The van der Waals surface area contributed by atoms with E-state index in [1.807, 2.05) is 60.7 Å². The summed E-state index contributed by atoms with van der Waals surface area (Å²) in [4.78, 5) is 17.9. The first-order chi connectivity index (χ1) is 19.5. The van der Waals surface area contributed by atoms with Gasteiger partial charge in [0.1, 0.15) is 12.7 Å². The summed E-state index contributed by atoms with van der Waals surface area (Å²) >= 11 is 0. The molecule has 0 spiro atoms. The fourth-order valence-electron chi connectivity index (χ4n) is 4.89. The van der Waals surface area contributed by atoms with Crippen molar-refractivity contribution in [2.45, 2.75) is 27.7 Å². The molecule has 0 amide bonds. The van der Waals surface area contributed by atoms with E-state index in [-0.39, 0.29) is 19.5 Å². The Balaban J connectivity index is 0.000000184. The Morgan fingerprint density at radius 2 is 0.683 bits per heavy atom. The summed E-state index contributed by atoms with van der Waals surface area (Å²) in [7, 11) is 0. The minimum atomic E-state index is 0. The van der Waals surface area contributed by atoms with E-state index in [1.54, 1.807) is 12.7 Å². The summed E-state index contributed by atoms with van der Waals surface area (Å²) in [5.41, 5.74) is 13.3. The molecule has 0 aliphatic rings. The zero-order valence-corrected chi connectivity index (χ0v) is 25.4. The zero-order valence-electron chi connectivity index (χ0n) is 23.7. The monoisotopic (exact) mass is 622 g/mol. The molecule has 4 aromatic carbocycles. The molecule has 0 fully saturated rings. The molecule has 201 valence electrons. The van der Waals surface area contributed by atoms with Crippen molar-refractivity contribution in [2.75, 3.05) is 0 Å². The molecule has 0 bridgehead atoms. The van der Waals surface area contributed by atoms with Crippen LogP contribution in [0, 0.1) is 27.7 Å². The van der Waals surface area contributed by atoms with Crippen molar-refractivity contribution < 1.29 is 19.5 Å². The number of rotatable bonds is 4. The first kappa shape index (κ1) is 29.6. The first-order valence-corrected chi connectivity index (χ1v) is 13.4. The summed E-state index contributed by atoms with van der Waals surface area (Å²) < 4.78 is 0. The third-order valence-corrected chi connectivity index (χ3v) is 7.06. The SMILES string of the molecule is Cc1ccccc1-c1ncnc(-c2ccccc2)c1C.Cc1ccccc1-c1ncnc(-c2ccccc2)c1C.[Ru+3]. The molecule has 0 aliphatic heterocycles.